The van der Waals surface area contributed by atoms with Gasteiger partial charge in [-0.2, -0.15) is 0 Å². The molecule has 0 atom stereocenters. The zero-order valence-corrected chi connectivity index (χ0v) is 16.3. The summed E-state index contributed by atoms with van der Waals surface area (Å²) in [5.74, 6) is 0. The summed E-state index contributed by atoms with van der Waals surface area (Å²) in [6.07, 6.45) is 1.80. The quantitative estimate of drug-likeness (QED) is 0.502. The second kappa shape index (κ2) is 5.38. The molecule has 0 unspecified atom stereocenters. The Morgan fingerprint density at radius 1 is 0.840 bits per heavy atom. The van der Waals surface area contributed by atoms with Gasteiger partial charge < -0.3 is 0 Å². The van der Waals surface area contributed by atoms with Gasteiger partial charge in [-0.1, -0.05) is 50.0 Å². The third kappa shape index (κ3) is 2.46. The first kappa shape index (κ1) is 16.2. The largest absolute Gasteiger partial charge is 0.256 e. The minimum absolute atomic E-state index is 0.392. The van der Waals surface area contributed by atoms with E-state index in [0.717, 1.165) is 22.4 Å². The zero-order chi connectivity index (χ0) is 17.8. The van der Waals surface area contributed by atoms with E-state index in [0.29, 0.717) is 9.79 Å². The number of hydrogen-bond acceptors (Lipinski definition) is 3. The lowest BCUT2D eigenvalue weighted by Crippen LogP contribution is -2.39. The highest BCUT2D eigenvalue weighted by atomic mass is 32.2. The van der Waals surface area contributed by atoms with Crippen molar-refractivity contribution in [3.8, 4) is 22.4 Å². The topological polar surface area (TPSA) is 47.0 Å². The molecule has 0 saturated heterocycles. The van der Waals surface area contributed by atoms with Crippen LogP contribution in [0.3, 0.4) is 0 Å². The molecule has 0 spiro atoms. The summed E-state index contributed by atoms with van der Waals surface area (Å²) < 4.78 is 25.5. The summed E-state index contributed by atoms with van der Waals surface area (Å²) in [6.45, 7) is 6.88. The van der Waals surface area contributed by atoms with Crippen molar-refractivity contribution in [3.05, 3.63) is 60.8 Å². The molecule has 126 valence electrons. The van der Waals surface area contributed by atoms with E-state index in [2.05, 4.69) is 30.7 Å². The van der Waals surface area contributed by atoms with Crippen LogP contribution in [0, 0.1) is 0 Å². The van der Waals surface area contributed by atoms with Gasteiger partial charge in [0.25, 0.3) is 0 Å². The summed E-state index contributed by atoms with van der Waals surface area (Å²) in [4.78, 5) is 5.41. The van der Waals surface area contributed by atoms with Crippen LogP contribution in [0.1, 0.15) is 0 Å². The van der Waals surface area contributed by atoms with Crippen LogP contribution in [-0.2, 0) is 9.84 Å². The lowest BCUT2D eigenvalue weighted by atomic mass is 10.0. The molecular weight excluding hydrogens is 346 g/mol. The van der Waals surface area contributed by atoms with Gasteiger partial charge in [0, 0.05) is 22.9 Å². The van der Waals surface area contributed by atoms with Crippen molar-refractivity contribution in [2.75, 3.05) is 0 Å². The Bertz CT molecular complexity index is 1100. The summed E-state index contributed by atoms with van der Waals surface area (Å²) in [7, 11) is -4.98. The predicted molar refractivity (Wildman–Crippen MR) is 104 cm³/mol. The lowest BCUT2D eigenvalue weighted by molar-refractivity contribution is 0.598. The Kier molecular flexibility index (Phi) is 3.49. The first-order valence-electron chi connectivity index (χ1n) is 8.24. The number of hydrogen-bond donors (Lipinski definition) is 0. The maximum absolute atomic E-state index is 12.7. The molecule has 1 aliphatic heterocycles. The van der Waals surface area contributed by atoms with Gasteiger partial charge in [-0.15, -0.1) is 0 Å². The second-order valence-electron chi connectivity index (χ2n) is 7.36. The number of nitrogens with zero attached hydrogens (tertiary/aromatic N) is 1. The van der Waals surface area contributed by atoms with Gasteiger partial charge in [-0.3, -0.25) is 4.98 Å². The molecule has 0 bridgehead atoms. The van der Waals surface area contributed by atoms with Gasteiger partial charge in [-0.25, -0.2) is 8.42 Å². The fraction of sp³-hybridized carbons (Fsp3) is 0.150. The predicted octanol–water partition coefficient (Wildman–Crippen LogP) is 4.11. The van der Waals surface area contributed by atoms with E-state index in [1.54, 1.807) is 24.4 Å². The standard InChI is InChI=1S/C20H19NO2SSi/c1-25(2,3)19-9-6-12-21-20(19)14-10-11-18-16(13-14)15-7-4-5-8-17(15)24(18,22)23/h4-13H,1-3H3. The Labute approximate surface area is 149 Å². The number of sulfone groups is 1. The van der Waals surface area contributed by atoms with Crippen LogP contribution in [0.25, 0.3) is 22.4 Å². The van der Waals surface area contributed by atoms with Crippen molar-refractivity contribution in [1.29, 1.82) is 0 Å². The van der Waals surface area contributed by atoms with Gasteiger partial charge >= 0.3 is 0 Å². The molecule has 1 aromatic heterocycles. The van der Waals surface area contributed by atoms with E-state index in [-0.39, 0.29) is 0 Å². The van der Waals surface area contributed by atoms with Crippen LogP contribution >= 0.6 is 0 Å². The molecule has 1 aliphatic rings. The summed E-state index contributed by atoms with van der Waals surface area (Å²) >= 11 is 0. The van der Waals surface area contributed by atoms with E-state index in [4.69, 9.17) is 0 Å². The minimum atomic E-state index is -3.41. The van der Waals surface area contributed by atoms with Crippen molar-refractivity contribution >= 4 is 23.1 Å². The van der Waals surface area contributed by atoms with Gasteiger partial charge in [0.05, 0.1) is 23.6 Å². The Balaban J connectivity index is 1.98. The second-order valence-corrected chi connectivity index (χ2v) is 14.3. The highest BCUT2D eigenvalue weighted by Gasteiger charge is 2.33. The average Bonchev–Trinajstić information content (AvgIpc) is 2.82. The molecule has 0 amide bonds. The van der Waals surface area contributed by atoms with E-state index in [1.807, 2.05) is 30.3 Å². The molecular formula is C20H19NO2SSi. The van der Waals surface area contributed by atoms with E-state index < -0.39 is 17.9 Å². The third-order valence-corrected chi connectivity index (χ3v) is 8.51. The lowest BCUT2D eigenvalue weighted by Gasteiger charge is -2.20. The molecule has 25 heavy (non-hydrogen) atoms. The Morgan fingerprint density at radius 3 is 2.32 bits per heavy atom. The maximum atomic E-state index is 12.7. The van der Waals surface area contributed by atoms with Crippen LogP contribution in [0.2, 0.25) is 19.6 Å². The molecule has 3 nitrogen and oxygen atoms in total. The molecule has 0 radical (unpaired) electrons. The third-order valence-electron chi connectivity index (χ3n) is 4.62. The van der Waals surface area contributed by atoms with Gasteiger partial charge in [0.15, 0.2) is 0 Å². The van der Waals surface area contributed by atoms with Crippen LogP contribution < -0.4 is 5.19 Å². The zero-order valence-electron chi connectivity index (χ0n) is 14.4. The fourth-order valence-electron chi connectivity index (χ4n) is 3.40. The number of fused-ring (bicyclic) bond motifs is 3. The smallest absolute Gasteiger partial charge is 0.207 e. The van der Waals surface area contributed by atoms with Gasteiger partial charge in [-0.05, 0) is 29.5 Å². The first-order valence-corrected chi connectivity index (χ1v) is 13.2. The average molecular weight is 366 g/mol. The highest BCUT2D eigenvalue weighted by molar-refractivity contribution is 7.92. The number of rotatable bonds is 2. The van der Waals surface area contributed by atoms with Crippen molar-refractivity contribution in [3.63, 3.8) is 0 Å². The first-order chi connectivity index (χ1) is 11.8. The van der Waals surface area contributed by atoms with E-state index >= 15 is 0 Å². The van der Waals surface area contributed by atoms with Crippen molar-refractivity contribution in [1.82, 2.24) is 4.98 Å². The SMILES string of the molecule is C[Si](C)(C)c1cccnc1-c1ccc2c(c1)-c1ccccc1S2(=O)=O. The summed E-state index contributed by atoms with van der Waals surface area (Å²) in [5, 5.41) is 1.28. The monoisotopic (exact) mass is 365 g/mol. The van der Waals surface area contributed by atoms with Crippen LogP contribution in [-0.4, -0.2) is 21.5 Å². The van der Waals surface area contributed by atoms with E-state index in [1.165, 1.54) is 5.19 Å². The van der Waals surface area contributed by atoms with Gasteiger partial charge in [0.1, 0.15) is 0 Å². The molecule has 2 aromatic carbocycles. The molecule has 4 rings (SSSR count). The number of benzene rings is 2. The summed E-state index contributed by atoms with van der Waals surface area (Å²) in [6, 6.07) is 16.9. The van der Waals surface area contributed by atoms with Crippen molar-refractivity contribution < 1.29 is 8.42 Å². The normalized spacial score (nSPS) is 14.8. The molecule has 2 heterocycles. The van der Waals surface area contributed by atoms with Gasteiger partial charge in [0.2, 0.25) is 9.84 Å². The van der Waals surface area contributed by atoms with Crippen molar-refractivity contribution in [2.45, 2.75) is 29.4 Å². The van der Waals surface area contributed by atoms with Crippen LogP contribution in [0.4, 0.5) is 0 Å². The fourth-order valence-corrected chi connectivity index (χ4v) is 6.59. The highest BCUT2D eigenvalue weighted by Crippen LogP contribution is 2.44. The molecule has 0 N–H and O–H groups in total. The minimum Gasteiger partial charge on any atom is -0.256 e. The molecule has 0 fully saturated rings. The van der Waals surface area contributed by atoms with Crippen LogP contribution in [0.15, 0.2) is 70.6 Å². The Morgan fingerprint density at radius 2 is 1.56 bits per heavy atom. The van der Waals surface area contributed by atoms with Crippen molar-refractivity contribution in [2.24, 2.45) is 0 Å². The molecule has 0 aliphatic carbocycles. The number of aromatic nitrogens is 1. The Hall–Kier alpha value is -2.24. The molecule has 3 aromatic rings. The van der Waals surface area contributed by atoms with Crippen LogP contribution in [0.5, 0.6) is 0 Å². The number of pyridine rings is 1. The molecule has 0 saturated carbocycles. The summed E-state index contributed by atoms with van der Waals surface area (Å²) in [5.41, 5.74) is 3.50. The van der Waals surface area contributed by atoms with E-state index in [9.17, 15) is 8.42 Å². The maximum Gasteiger partial charge on any atom is 0.207 e. The molecule has 5 heteroatoms.